The number of nitrogens with zero attached hydrogens (tertiary/aromatic N) is 3. The third kappa shape index (κ3) is 5.14. The van der Waals surface area contributed by atoms with Gasteiger partial charge >= 0.3 is 0 Å². The van der Waals surface area contributed by atoms with E-state index in [1.165, 1.54) is 31.9 Å². The Labute approximate surface area is 128 Å². The number of guanidine groups is 1. The maximum absolute atomic E-state index is 11.5. The summed E-state index contributed by atoms with van der Waals surface area (Å²) < 4.78 is 24.5. The molecule has 6 nitrogen and oxygen atoms in total. The van der Waals surface area contributed by atoms with Gasteiger partial charge in [0.05, 0.1) is 6.26 Å². The smallest absolute Gasteiger partial charge is 0.211 e. The molecule has 2 N–H and O–H groups in total. The van der Waals surface area contributed by atoms with E-state index in [2.05, 4.69) is 9.89 Å². The summed E-state index contributed by atoms with van der Waals surface area (Å²) in [4.78, 5) is 6.75. The molecule has 2 rings (SSSR count). The lowest BCUT2D eigenvalue weighted by molar-refractivity contribution is 0.279. The van der Waals surface area contributed by atoms with Crippen molar-refractivity contribution >= 4 is 16.0 Å². The fraction of sp³-hybridized carbons (Fsp3) is 0.929. The van der Waals surface area contributed by atoms with E-state index >= 15 is 0 Å². The van der Waals surface area contributed by atoms with Crippen LogP contribution in [0.25, 0.3) is 0 Å². The third-order valence-electron chi connectivity index (χ3n) is 4.48. The number of hydrogen-bond donors (Lipinski definition) is 1. The molecule has 0 atom stereocenters. The molecule has 122 valence electrons. The largest absolute Gasteiger partial charge is 0.370 e. The highest BCUT2D eigenvalue weighted by Crippen LogP contribution is 2.19. The number of likely N-dealkylation sites (tertiary alicyclic amines) is 1. The Bertz CT molecular complexity index is 448. The zero-order valence-electron chi connectivity index (χ0n) is 13.0. The fourth-order valence-corrected chi connectivity index (χ4v) is 3.92. The minimum atomic E-state index is -3.04. The van der Waals surface area contributed by atoms with E-state index in [1.54, 1.807) is 4.31 Å². The second-order valence-corrected chi connectivity index (χ2v) is 8.19. The molecule has 7 heteroatoms. The van der Waals surface area contributed by atoms with Crippen LogP contribution in [0.1, 0.15) is 38.5 Å². The number of aliphatic imine (C=N–C) groups is 1. The fourth-order valence-electron chi connectivity index (χ4n) is 3.05. The molecule has 2 heterocycles. The summed E-state index contributed by atoms with van der Waals surface area (Å²) in [6.45, 7) is 3.98. The molecule has 21 heavy (non-hydrogen) atoms. The van der Waals surface area contributed by atoms with Gasteiger partial charge in [-0.25, -0.2) is 12.7 Å². The van der Waals surface area contributed by atoms with Crippen molar-refractivity contribution in [2.24, 2.45) is 16.6 Å². The Morgan fingerprint density at radius 2 is 1.67 bits per heavy atom. The first kappa shape index (κ1) is 16.5. The summed E-state index contributed by atoms with van der Waals surface area (Å²) in [6.07, 6.45) is 8.00. The molecule has 0 aromatic heterocycles. The van der Waals surface area contributed by atoms with E-state index in [0.717, 1.165) is 32.5 Å². The summed E-state index contributed by atoms with van der Waals surface area (Å²) in [7, 11) is -3.04. The molecule has 0 aromatic rings. The first-order valence-corrected chi connectivity index (χ1v) is 9.81. The number of piperidine rings is 1. The maximum atomic E-state index is 11.5. The summed E-state index contributed by atoms with van der Waals surface area (Å²) in [5.41, 5.74) is 6.10. The average Bonchev–Trinajstić information content (AvgIpc) is 2.73. The van der Waals surface area contributed by atoms with Crippen LogP contribution < -0.4 is 5.73 Å². The molecule has 0 saturated carbocycles. The average molecular weight is 316 g/mol. The quantitative estimate of drug-likeness (QED) is 0.618. The molecule has 0 aromatic carbocycles. The molecule has 2 aliphatic heterocycles. The van der Waals surface area contributed by atoms with Gasteiger partial charge in [-0.3, -0.25) is 4.99 Å². The van der Waals surface area contributed by atoms with Crippen molar-refractivity contribution in [3.05, 3.63) is 0 Å². The van der Waals surface area contributed by atoms with Gasteiger partial charge in [-0.2, -0.15) is 0 Å². The van der Waals surface area contributed by atoms with Crippen molar-refractivity contribution in [3.8, 4) is 0 Å². The lowest BCUT2D eigenvalue weighted by atomic mass is 9.98. The van der Waals surface area contributed by atoms with E-state index in [1.807, 2.05) is 0 Å². The van der Waals surface area contributed by atoms with Crippen LogP contribution in [-0.2, 0) is 10.0 Å². The van der Waals surface area contributed by atoms with Crippen molar-refractivity contribution in [1.82, 2.24) is 9.21 Å². The first-order chi connectivity index (χ1) is 9.97. The van der Waals surface area contributed by atoms with Crippen LogP contribution in [0, 0.1) is 5.92 Å². The van der Waals surface area contributed by atoms with Crippen LogP contribution in [0.3, 0.4) is 0 Å². The van der Waals surface area contributed by atoms with Crippen LogP contribution in [-0.4, -0.2) is 62.6 Å². The van der Waals surface area contributed by atoms with Gasteiger partial charge in [0.15, 0.2) is 5.96 Å². The third-order valence-corrected chi connectivity index (χ3v) is 5.79. The van der Waals surface area contributed by atoms with Gasteiger partial charge in [-0.1, -0.05) is 12.8 Å². The number of nitrogens with two attached hydrogens (primary N) is 1. The highest BCUT2D eigenvalue weighted by molar-refractivity contribution is 7.88. The molecular formula is C14H28N4O2S. The van der Waals surface area contributed by atoms with E-state index in [0.29, 0.717) is 25.0 Å². The highest BCUT2D eigenvalue weighted by Gasteiger charge is 2.24. The van der Waals surface area contributed by atoms with Gasteiger partial charge in [0.2, 0.25) is 10.0 Å². The highest BCUT2D eigenvalue weighted by atomic mass is 32.2. The Morgan fingerprint density at radius 3 is 2.19 bits per heavy atom. The zero-order chi connectivity index (χ0) is 15.3. The Hall–Kier alpha value is -0.820. The monoisotopic (exact) mass is 316 g/mol. The molecule has 2 saturated heterocycles. The van der Waals surface area contributed by atoms with Gasteiger partial charge in [0, 0.05) is 32.7 Å². The van der Waals surface area contributed by atoms with E-state index in [4.69, 9.17) is 5.73 Å². The maximum Gasteiger partial charge on any atom is 0.211 e. The lowest BCUT2D eigenvalue weighted by Crippen LogP contribution is -2.40. The minimum Gasteiger partial charge on any atom is -0.370 e. The summed E-state index contributed by atoms with van der Waals surface area (Å²) in [5, 5.41) is 0. The minimum absolute atomic E-state index is 0.452. The summed E-state index contributed by atoms with van der Waals surface area (Å²) >= 11 is 0. The van der Waals surface area contributed by atoms with E-state index < -0.39 is 10.0 Å². The van der Waals surface area contributed by atoms with Gasteiger partial charge in [-0.05, 0) is 31.6 Å². The van der Waals surface area contributed by atoms with Crippen LogP contribution in [0.4, 0.5) is 0 Å². The van der Waals surface area contributed by atoms with Crippen LogP contribution >= 0.6 is 0 Å². The van der Waals surface area contributed by atoms with Crippen molar-refractivity contribution in [1.29, 1.82) is 0 Å². The Morgan fingerprint density at radius 1 is 1.10 bits per heavy atom. The first-order valence-electron chi connectivity index (χ1n) is 7.97. The molecule has 0 aliphatic carbocycles. The lowest BCUT2D eigenvalue weighted by Gasteiger charge is -2.29. The van der Waals surface area contributed by atoms with E-state index in [-0.39, 0.29) is 0 Å². The topological polar surface area (TPSA) is 79.0 Å². The van der Waals surface area contributed by atoms with Gasteiger partial charge in [-0.15, -0.1) is 0 Å². The number of hydrogen-bond acceptors (Lipinski definition) is 3. The second kappa shape index (κ2) is 7.45. The molecule has 0 bridgehead atoms. The van der Waals surface area contributed by atoms with Crippen LogP contribution in [0.5, 0.6) is 0 Å². The van der Waals surface area contributed by atoms with Crippen molar-refractivity contribution in [2.75, 3.05) is 39.0 Å². The zero-order valence-corrected chi connectivity index (χ0v) is 13.8. The normalized spacial score (nSPS) is 24.0. The molecule has 0 amide bonds. The Balaban J connectivity index is 1.79. The number of rotatable bonds is 3. The van der Waals surface area contributed by atoms with Crippen LogP contribution in [0.2, 0.25) is 0 Å². The molecular weight excluding hydrogens is 288 g/mol. The number of sulfonamides is 1. The predicted octanol–water partition coefficient (Wildman–Crippen LogP) is 0.849. The molecule has 0 radical (unpaired) electrons. The van der Waals surface area contributed by atoms with Crippen LogP contribution in [0.15, 0.2) is 4.99 Å². The predicted molar refractivity (Wildman–Crippen MR) is 85.7 cm³/mol. The standard InChI is InChI=1S/C14H28N4O2S/c1-21(19,20)18-10-6-13(7-11-18)12-16-14(15)17-8-4-2-3-5-9-17/h13H,2-12H2,1H3,(H2,15,16). The molecule has 2 fully saturated rings. The van der Waals surface area contributed by atoms with Gasteiger partial charge in [0.25, 0.3) is 0 Å². The molecule has 2 aliphatic rings. The van der Waals surface area contributed by atoms with E-state index in [9.17, 15) is 8.42 Å². The van der Waals surface area contributed by atoms with Crippen molar-refractivity contribution in [2.45, 2.75) is 38.5 Å². The van der Waals surface area contributed by atoms with Crippen molar-refractivity contribution in [3.63, 3.8) is 0 Å². The van der Waals surface area contributed by atoms with Gasteiger partial charge in [0.1, 0.15) is 0 Å². The molecule has 0 unspecified atom stereocenters. The molecule has 0 spiro atoms. The SMILES string of the molecule is CS(=O)(=O)N1CCC(CN=C(N)N2CCCCCC2)CC1. The van der Waals surface area contributed by atoms with Gasteiger partial charge < -0.3 is 10.6 Å². The van der Waals surface area contributed by atoms with Crippen molar-refractivity contribution < 1.29 is 8.42 Å². The Kier molecular flexibility index (Phi) is 5.87. The second-order valence-electron chi connectivity index (χ2n) is 6.21. The summed E-state index contributed by atoms with van der Waals surface area (Å²) in [5.74, 6) is 1.12. The summed E-state index contributed by atoms with van der Waals surface area (Å²) in [6, 6.07) is 0.